The Hall–Kier alpha value is -2.23. The average molecular weight is 231 g/mol. The molecule has 0 fully saturated rings. The molecule has 0 spiro atoms. The van der Waals surface area contributed by atoms with Gasteiger partial charge in [0.05, 0.1) is 5.56 Å². The number of aromatic nitrogens is 1. The molecule has 0 radical (unpaired) electrons. The van der Waals surface area contributed by atoms with Crippen LogP contribution in [0.2, 0.25) is 0 Å². The van der Waals surface area contributed by atoms with Crippen molar-refractivity contribution in [2.45, 2.75) is 6.92 Å². The number of rotatable bonds is 2. The largest absolute Gasteiger partial charge is 0.478 e. The first-order valence-corrected chi connectivity index (χ1v) is 5.04. The molecule has 3 nitrogen and oxygen atoms in total. The van der Waals surface area contributed by atoms with Gasteiger partial charge in [-0.25, -0.2) is 9.18 Å². The molecular weight excluding hydrogens is 221 g/mol. The highest BCUT2D eigenvalue weighted by molar-refractivity contribution is 5.96. The Labute approximate surface area is 97.6 Å². The van der Waals surface area contributed by atoms with Gasteiger partial charge < -0.3 is 5.11 Å². The van der Waals surface area contributed by atoms with Crippen molar-refractivity contribution in [1.82, 2.24) is 4.98 Å². The van der Waals surface area contributed by atoms with Crippen molar-refractivity contribution in [2.24, 2.45) is 0 Å². The highest BCUT2D eigenvalue weighted by atomic mass is 19.1. The zero-order chi connectivity index (χ0) is 12.4. The summed E-state index contributed by atoms with van der Waals surface area (Å²) in [6.07, 6.45) is 2.84. The minimum Gasteiger partial charge on any atom is -0.478 e. The fourth-order valence-corrected chi connectivity index (χ4v) is 1.69. The zero-order valence-corrected chi connectivity index (χ0v) is 9.14. The van der Waals surface area contributed by atoms with E-state index in [1.165, 1.54) is 24.5 Å². The van der Waals surface area contributed by atoms with Crippen molar-refractivity contribution >= 4 is 5.97 Å². The van der Waals surface area contributed by atoms with Crippen LogP contribution in [0, 0.1) is 12.7 Å². The van der Waals surface area contributed by atoms with Gasteiger partial charge in [-0.15, -0.1) is 0 Å². The second-order valence-corrected chi connectivity index (χ2v) is 3.64. The number of hydrogen-bond donors (Lipinski definition) is 1. The van der Waals surface area contributed by atoms with Crippen LogP contribution in [0.25, 0.3) is 11.1 Å². The Balaban J connectivity index is 2.69. The molecule has 0 atom stereocenters. The molecular formula is C13H10FNO2. The quantitative estimate of drug-likeness (QED) is 0.864. The average Bonchev–Trinajstić information content (AvgIpc) is 2.33. The second kappa shape index (κ2) is 4.33. The summed E-state index contributed by atoms with van der Waals surface area (Å²) in [5, 5.41) is 9.07. The zero-order valence-electron chi connectivity index (χ0n) is 9.14. The van der Waals surface area contributed by atoms with Gasteiger partial charge in [0.2, 0.25) is 0 Å². The maximum Gasteiger partial charge on any atom is 0.336 e. The van der Waals surface area contributed by atoms with Crippen LogP contribution in [0.3, 0.4) is 0 Å². The number of aromatic carboxylic acids is 1. The topological polar surface area (TPSA) is 50.2 Å². The number of carboxylic acids is 1. The number of nitrogens with zero attached hydrogens (tertiary/aromatic N) is 1. The number of pyridine rings is 1. The Morgan fingerprint density at radius 3 is 2.76 bits per heavy atom. The molecule has 0 saturated heterocycles. The van der Waals surface area contributed by atoms with Gasteiger partial charge in [0, 0.05) is 18.0 Å². The van der Waals surface area contributed by atoms with Crippen LogP contribution in [0.1, 0.15) is 15.9 Å². The van der Waals surface area contributed by atoms with Crippen LogP contribution < -0.4 is 0 Å². The van der Waals surface area contributed by atoms with E-state index in [0.717, 1.165) is 0 Å². The van der Waals surface area contributed by atoms with Gasteiger partial charge in [-0.05, 0) is 30.2 Å². The molecule has 2 rings (SSSR count). The van der Waals surface area contributed by atoms with Gasteiger partial charge in [0.1, 0.15) is 5.82 Å². The summed E-state index contributed by atoms with van der Waals surface area (Å²) in [5.41, 5.74) is 1.52. The third kappa shape index (κ3) is 2.01. The van der Waals surface area contributed by atoms with Gasteiger partial charge in [0.25, 0.3) is 0 Å². The Kier molecular flexibility index (Phi) is 2.87. The molecule has 0 aliphatic carbocycles. The summed E-state index contributed by atoms with van der Waals surface area (Å²) in [7, 11) is 0. The number of carboxylic acid groups (broad SMARTS) is 1. The molecule has 1 aromatic carbocycles. The van der Waals surface area contributed by atoms with Crippen LogP contribution in [-0.2, 0) is 0 Å². The van der Waals surface area contributed by atoms with E-state index in [0.29, 0.717) is 16.7 Å². The van der Waals surface area contributed by atoms with Crippen molar-refractivity contribution in [1.29, 1.82) is 0 Å². The van der Waals surface area contributed by atoms with Gasteiger partial charge in [-0.1, -0.05) is 12.1 Å². The second-order valence-electron chi connectivity index (χ2n) is 3.64. The normalized spacial score (nSPS) is 10.2. The predicted molar refractivity (Wildman–Crippen MR) is 61.3 cm³/mol. The van der Waals surface area contributed by atoms with Gasteiger partial charge in [0.15, 0.2) is 0 Å². The first kappa shape index (κ1) is 11.3. The van der Waals surface area contributed by atoms with E-state index < -0.39 is 5.97 Å². The van der Waals surface area contributed by atoms with Gasteiger partial charge in [-0.2, -0.15) is 0 Å². The van der Waals surface area contributed by atoms with Gasteiger partial charge >= 0.3 is 5.97 Å². The first-order chi connectivity index (χ1) is 8.11. The smallest absolute Gasteiger partial charge is 0.336 e. The fraction of sp³-hybridized carbons (Fsp3) is 0.0769. The minimum atomic E-state index is -1.05. The molecule has 86 valence electrons. The number of halogens is 1. The van der Waals surface area contributed by atoms with Crippen LogP contribution in [-0.4, -0.2) is 16.1 Å². The molecule has 17 heavy (non-hydrogen) atoms. The molecule has 0 aliphatic heterocycles. The Morgan fingerprint density at radius 1 is 1.29 bits per heavy atom. The summed E-state index contributed by atoms with van der Waals surface area (Å²) in [6.45, 7) is 1.61. The lowest BCUT2D eigenvalue weighted by molar-refractivity contribution is 0.0697. The highest BCUT2D eigenvalue weighted by Gasteiger charge is 2.14. The molecule has 0 amide bonds. The van der Waals surface area contributed by atoms with Crippen LogP contribution in [0.4, 0.5) is 4.39 Å². The van der Waals surface area contributed by atoms with E-state index in [4.69, 9.17) is 5.11 Å². The Bertz CT molecular complexity index is 581. The molecule has 0 saturated carbocycles. The summed E-state index contributed by atoms with van der Waals surface area (Å²) < 4.78 is 13.4. The summed E-state index contributed by atoms with van der Waals surface area (Å²) in [4.78, 5) is 15.0. The van der Waals surface area contributed by atoms with Crippen molar-refractivity contribution in [2.75, 3.05) is 0 Å². The van der Waals surface area contributed by atoms with Crippen molar-refractivity contribution < 1.29 is 14.3 Å². The third-order valence-electron chi connectivity index (χ3n) is 2.61. The summed E-state index contributed by atoms with van der Waals surface area (Å²) >= 11 is 0. The van der Waals surface area contributed by atoms with E-state index >= 15 is 0 Å². The van der Waals surface area contributed by atoms with Crippen molar-refractivity contribution in [3.8, 4) is 11.1 Å². The molecule has 0 aliphatic rings. The lowest BCUT2D eigenvalue weighted by Crippen LogP contribution is -2.01. The predicted octanol–water partition coefficient (Wildman–Crippen LogP) is 2.89. The number of benzene rings is 1. The van der Waals surface area contributed by atoms with Crippen LogP contribution in [0.5, 0.6) is 0 Å². The van der Waals surface area contributed by atoms with E-state index in [1.807, 2.05) is 0 Å². The SMILES string of the molecule is Cc1c(F)cccc1-c1cnccc1C(=O)O. The van der Waals surface area contributed by atoms with Crippen molar-refractivity contribution in [3.05, 3.63) is 53.6 Å². The molecule has 0 unspecified atom stereocenters. The maximum absolute atomic E-state index is 13.4. The lowest BCUT2D eigenvalue weighted by Gasteiger charge is -2.09. The van der Waals surface area contributed by atoms with Crippen molar-refractivity contribution in [3.63, 3.8) is 0 Å². The van der Waals surface area contributed by atoms with E-state index in [2.05, 4.69) is 4.98 Å². The molecule has 2 aromatic rings. The molecule has 1 heterocycles. The van der Waals surface area contributed by atoms with Crippen LogP contribution >= 0.6 is 0 Å². The van der Waals surface area contributed by atoms with Crippen LogP contribution in [0.15, 0.2) is 36.7 Å². The highest BCUT2D eigenvalue weighted by Crippen LogP contribution is 2.27. The third-order valence-corrected chi connectivity index (χ3v) is 2.61. The standard InChI is InChI=1S/C13H10FNO2/c1-8-9(3-2-4-12(8)14)11-7-15-6-5-10(11)13(16)17/h2-7H,1H3,(H,16,17). The molecule has 1 N–H and O–H groups in total. The van der Waals surface area contributed by atoms with E-state index in [-0.39, 0.29) is 11.4 Å². The minimum absolute atomic E-state index is 0.119. The maximum atomic E-state index is 13.4. The number of carbonyl (C=O) groups is 1. The monoisotopic (exact) mass is 231 g/mol. The molecule has 4 heteroatoms. The lowest BCUT2D eigenvalue weighted by atomic mass is 9.98. The number of hydrogen-bond acceptors (Lipinski definition) is 2. The van der Waals surface area contributed by atoms with Gasteiger partial charge in [-0.3, -0.25) is 4.98 Å². The van der Waals surface area contributed by atoms with E-state index in [9.17, 15) is 9.18 Å². The summed E-state index contributed by atoms with van der Waals surface area (Å²) in [6, 6.07) is 5.98. The summed E-state index contributed by atoms with van der Waals surface area (Å²) in [5.74, 6) is -1.41. The fourth-order valence-electron chi connectivity index (χ4n) is 1.69. The first-order valence-electron chi connectivity index (χ1n) is 5.04. The molecule has 0 bridgehead atoms. The molecule has 1 aromatic heterocycles. The Morgan fingerprint density at radius 2 is 2.06 bits per heavy atom. The van der Waals surface area contributed by atoms with E-state index in [1.54, 1.807) is 19.1 Å².